The maximum absolute atomic E-state index is 12.1. The zero-order valence-electron chi connectivity index (χ0n) is 14.4. The molecule has 1 saturated carbocycles. The number of anilines is 1. The predicted molar refractivity (Wildman–Crippen MR) is 91.3 cm³/mol. The van der Waals surface area contributed by atoms with E-state index in [1.165, 1.54) is 0 Å². The van der Waals surface area contributed by atoms with Crippen LogP contribution in [0, 0.1) is 5.92 Å². The Morgan fingerprint density at radius 2 is 1.83 bits per heavy atom. The molecule has 3 rings (SSSR count). The molecule has 0 spiro atoms. The Labute approximate surface area is 142 Å². The van der Waals surface area contributed by atoms with Crippen LogP contribution < -0.4 is 4.90 Å². The first-order valence-corrected chi connectivity index (χ1v) is 8.76. The van der Waals surface area contributed by atoms with Gasteiger partial charge in [0.2, 0.25) is 0 Å². The molecule has 5 heteroatoms. The van der Waals surface area contributed by atoms with Crippen LogP contribution >= 0.6 is 0 Å². The van der Waals surface area contributed by atoms with Crippen LogP contribution in [0.2, 0.25) is 0 Å². The molecule has 0 unspecified atom stereocenters. The fourth-order valence-electron chi connectivity index (χ4n) is 3.21. The van der Waals surface area contributed by atoms with Gasteiger partial charge in [-0.15, -0.1) is 0 Å². The van der Waals surface area contributed by atoms with Crippen LogP contribution in [0.4, 0.5) is 5.69 Å². The van der Waals surface area contributed by atoms with Crippen molar-refractivity contribution in [2.45, 2.75) is 45.3 Å². The molecule has 1 aliphatic carbocycles. The summed E-state index contributed by atoms with van der Waals surface area (Å²) in [6, 6.07) is 7.70. The lowest BCUT2D eigenvalue weighted by atomic mass is 10.1. The molecule has 1 heterocycles. The van der Waals surface area contributed by atoms with E-state index in [0.29, 0.717) is 6.61 Å². The molecule has 1 aliphatic heterocycles. The third kappa shape index (κ3) is 3.96. The molecule has 0 radical (unpaired) electrons. The molecule has 130 valence electrons. The van der Waals surface area contributed by atoms with E-state index in [9.17, 15) is 9.59 Å². The highest BCUT2D eigenvalue weighted by Crippen LogP contribution is 2.35. The van der Waals surface area contributed by atoms with E-state index in [1.54, 1.807) is 6.92 Å². The third-order valence-electron chi connectivity index (χ3n) is 4.78. The van der Waals surface area contributed by atoms with Gasteiger partial charge in [-0.25, -0.2) is 0 Å². The molecule has 0 bridgehead atoms. The number of ether oxygens (including phenoxy) is 2. The third-order valence-corrected chi connectivity index (χ3v) is 4.78. The number of carbonyl (C=O) groups excluding carboxylic acids is 2. The number of carbonyl (C=O) groups is 2. The van der Waals surface area contributed by atoms with E-state index in [-0.39, 0.29) is 29.9 Å². The summed E-state index contributed by atoms with van der Waals surface area (Å²) in [5, 5.41) is 0. The smallest absolute Gasteiger partial charge is 0.311 e. The van der Waals surface area contributed by atoms with Crippen molar-refractivity contribution in [2.75, 3.05) is 24.6 Å². The first-order valence-electron chi connectivity index (χ1n) is 8.76. The van der Waals surface area contributed by atoms with Crippen LogP contribution in [0.5, 0.6) is 0 Å². The zero-order valence-corrected chi connectivity index (χ0v) is 14.4. The van der Waals surface area contributed by atoms with Gasteiger partial charge in [-0.3, -0.25) is 9.59 Å². The van der Waals surface area contributed by atoms with Crippen LogP contribution in [0.25, 0.3) is 0 Å². The van der Waals surface area contributed by atoms with Crippen molar-refractivity contribution in [3.63, 3.8) is 0 Å². The van der Waals surface area contributed by atoms with E-state index >= 15 is 0 Å². The van der Waals surface area contributed by atoms with Crippen molar-refractivity contribution in [3.8, 4) is 0 Å². The minimum absolute atomic E-state index is 0.00752. The lowest BCUT2D eigenvalue weighted by molar-refractivity contribution is -0.152. The Bertz CT molecular complexity index is 590. The standard InChI is InChI=1S/C19H25NO4/c1-3-23-18-12-17(18)19(22)24-16-8-10-20(11-9-16)15-6-4-14(5-7-15)13(2)21/h4-7,16-18H,3,8-12H2,1-2H3/t17-,18-/m1/s1. The summed E-state index contributed by atoms with van der Waals surface area (Å²) >= 11 is 0. The first kappa shape index (κ1) is 17.0. The number of Topliss-reactive ketones (excluding diaryl/α,β-unsaturated/α-hetero) is 1. The number of benzene rings is 1. The summed E-state index contributed by atoms with van der Waals surface area (Å²) in [5.41, 5.74) is 1.85. The molecular weight excluding hydrogens is 306 g/mol. The maximum Gasteiger partial charge on any atom is 0.311 e. The van der Waals surface area contributed by atoms with Gasteiger partial charge in [0.05, 0.1) is 12.0 Å². The van der Waals surface area contributed by atoms with Crippen molar-refractivity contribution >= 4 is 17.4 Å². The monoisotopic (exact) mass is 331 g/mol. The number of hydrogen-bond acceptors (Lipinski definition) is 5. The fraction of sp³-hybridized carbons (Fsp3) is 0.579. The lowest BCUT2D eigenvalue weighted by Crippen LogP contribution is -2.38. The number of nitrogens with zero attached hydrogens (tertiary/aromatic N) is 1. The van der Waals surface area contributed by atoms with Gasteiger partial charge < -0.3 is 14.4 Å². The van der Waals surface area contributed by atoms with Gasteiger partial charge in [0.1, 0.15) is 6.10 Å². The van der Waals surface area contributed by atoms with Gasteiger partial charge in [-0.1, -0.05) is 0 Å². The summed E-state index contributed by atoms with van der Waals surface area (Å²) in [4.78, 5) is 25.7. The van der Waals surface area contributed by atoms with Gasteiger partial charge >= 0.3 is 5.97 Å². The van der Waals surface area contributed by atoms with Crippen LogP contribution in [0.1, 0.15) is 43.5 Å². The average Bonchev–Trinajstić information content (AvgIpc) is 3.35. The highest BCUT2D eigenvalue weighted by molar-refractivity contribution is 5.94. The zero-order chi connectivity index (χ0) is 17.1. The molecule has 0 N–H and O–H groups in total. The van der Waals surface area contributed by atoms with E-state index < -0.39 is 0 Å². The second-order valence-corrected chi connectivity index (χ2v) is 6.56. The molecule has 24 heavy (non-hydrogen) atoms. The number of rotatable bonds is 6. The van der Waals surface area contributed by atoms with Crippen molar-refractivity contribution in [2.24, 2.45) is 5.92 Å². The Hall–Kier alpha value is -1.88. The van der Waals surface area contributed by atoms with E-state index in [1.807, 2.05) is 31.2 Å². The van der Waals surface area contributed by atoms with Crippen LogP contribution in [0.15, 0.2) is 24.3 Å². The fourth-order valence-corrected chi connectivity index (χ4v) is 3.21. The summed E-state index contributed by atoms with van der Waals surface area (Å²) in [7, 11) is 0. The summed E-state index contributed by atoms with van der Waals surface area (Å²) in [5.74, 6) is -0.0718. The van der Waals surface area contributed by atoms with Crippen molar-refractivity contribution < 1.29 is 19.1 Å². The Kier molecular flexibility index (Phi) is 5.19. The van der Waals surface area contributed by atoms with Crippen LogP contribution in [-0.4, -0.2) is 43.7 Å². The summed E-state index contributed by atoms with van der Waals surface area (Å²) in [6.45, 7) is 5.88. The van der Waals surface area contributed by atoms with Gasteiger partial charge in [0.15, 0.2) is 5.78 Å². The number of piperidine rings is 1. The van der Waals surface area contributed by atoms with Crippen LogP contribution in [-0.2, 0) is 14.3 Å². The maximum atomic E-state index is 12.1. The second kappa shape index (κ2) is 7.34. The van der Waals surface area contributed by atoms with E-state index in [0.717, 1.165) is 43.6 Å². The molecule has 1 aromatic carbocycles. The highest BCUT2D eigenvalue weighted by Gasteiger charge is 2.46. The van der Waals surface area contributed by atoms with Gasteiger partial charge in [0.25, 0.3) is 0 Å². The molecule has 2 fully saturated rings. The largest absolute Gasteiger partial charge is 0.462 e. The molecular formula is C19H25NO4. The Balaban J connectivity index is 1.45. The van der Waals surface area contributed by atoms with E-state index in [4.69, 9.17) is 9.47 Å². The quantitative estimate of drug-likeness (QED) is 0.593. The molecule has 0 aromatic heterocycles. The molecule has 1 aromatic rings. The van der Waals surface area contributed by atoms with Gasteiger partial charge in [-0.05, 0) is 44.5 Å². The lowest BCUT2D eigenvalue weighted by Gasteiger charge is -2.33. The molecule has 2 aliphatic rings. The minimum atomic E-state index is -0.0993. The molecule has 2 atom stereocenters. The minimum Gasteiger partial charge on any atom is -0.462 e. The molecule has 0 amide bonds. The first-order chi connectivity index (χ1) is 11.6. The predicted octanol–water partition coefficient (Wildman–Crippen LogP) is 2.83. The molecule has 1 saturated heterocycles. The number of esters is 1. The topological polar surface area (TPSA) is 55.8 Å². The average molecular weight is 331 g/mol. The number of ketones is 1. The van der Waals surface area contributed by atoms with Crippen LogP contribution in [0.3, 0.4) is 0 Å². The van der Waals surface area contributed by atoms with E-state index in [2.05, 4.69) is 4.90 Å². The summed E-state index contributed by atoms with van der Waals surface area (Å²) < 4.78 is 11.1. The Morgan fingerprint density at radius 1 is 1.17 bits per heavy atom. The Morgan fingerprint density at radius 3 is 2.42 bits per heavy atom. The van der Waals surface area contributed by atoms with Crippen molar-refractivity contribution in [1.82, 2.24) is 0 Å². The normalized spacial score (nSPS) is 23.8. The molecule has 5 nitrogen and oxygen atoms in total. The second-order valence-electron chi connectivity index (χ2n) is 6.56. The van der Waals surface area contributed by atoms with Gasteiger partial charge in [0, 0.05) is 43.8 Å². The van der Waals surface area contributed by atoms with Crippen molar-refractivity contribution in [3.05, 3.63) is 29.8 Å². The summed E-state index contributed by atoms with van der Waals surface area (Å²) in [6.07, 6.45) is 2.56. The SMILES string of the molecule is CCO[C@@H]1C[C@H]1C(=O)OC1CCN(c2ccc(C(C)=O)cc2)CC1. The van der Waals surface area contributed by atoms with Gasteiger partial charge in [-0.2, -0.15) is 0 Å². The highest BCUT2D eigenvalue weighted by atomic mass is 16.6. The number of hydrogen-bond donors (Lipinski definition) is 0. The van der Waals surface area contributed by atoms with Crippen molar-refractivity contribution in [1.29, 1.82) is 0 Å².